The Hall–Kier alpha value is -3.12. The summed E-state index contributed by atoms with van der Waals surface area (Å²) in [6.45, 7) is 0. The van der Waals surface area contributed by atoms with Crippen LogP contribution < -0.4 is 15.6 Å². The number of anilines is 2. The van der Waals surface area contributed by atoms with Gasteiger partial charge < -0.3 is 10.7 Å². The minimum atomic E-state index is -0.284. The van der Waals surface area contributed by atoms with Gasteiger partial charge in [0.1, 0.15) is 5.00 Å². The van der Waals surface area contributed by atoms with Crippen LogP contribution >= 0.6 is 23.3 Å². The van der Waals surface area contributed by atoms with Gasteiger partial charge in [-0.15, -0.1) is 11.3 Å². The molecule has 0 aliphatic carbocycles. The highest BCUT2D eigenvalue weighted by molar-refractivity contribution is 7.98. The second kappa shape index (κ2) is 7.25. The topological polar surface area (TPSA) is 94.0 Å². The number of benzene rings is 2. The fraction of sp³-hybridized carbons (Fsp3) is 0. The van der Waals surface area contributed by atoms with Crippen LogP contribution in [0.15, 0.2) is 52.7 Å². The third-order valence-electron chi connectivity index (χ3n) is 4.09. The number of amides is 1. The second-order valence-corrected chi connectivity index (χ2v) is 7.42. The van der Waals surface area contributed by atoms with Crippen LogP contribution in [0.1, 0.15) is 26.3 Å². The molecule has 0 fully saturated rings. The largest absolute Gasteiger partial charge is 0.313 e. The van der Waals surface area contributed by atoms with Crippen molar-refractivity contribution in [3.8, 4) is 17.2 Å². The zero-order chi connectivity index (χ0) is 18.8. The van der Waals surface area contributed by atoms with Gasteiger partial charge in [0.2, 0.25) is 0 Å². The first-order valence-electron chi connectivity index (χ1n) is 7.90. The van der Waals surface area contributed by atoms with Gasteiger partial charge in [-0.2, -0.15) is 10.1 Å². The Balaban J connectivity index is 1.61. The summed E-state index contributed by atoms with van der Waals surface area (Å²) in [6.07, 6.45) is 0.741. The Morgan fingerprint density at radius 2 is 2.00 bits per heavy atom. The summed E-state index contributed by atoms with van der Waals surface area (Å²) < 4.78 is 0. The minimum absolute atomic E-state index is 0.284. The second-order valence-electron chi connectivity index (χ2n) is 5.69. The summed E-state index contributed by atoms with van der Waals surface area (Å²) >= 11 is 2.74. The SMILES string of the molecule is N#Cc1ccc(-c2csc(NC(=O)c3ccc4c(c3)NNS4)c2C=O)cc1. The van der Waals surface area contributed by atoms with Crippen molar-refractivity contribution in [2.75, 3.05) is 10.7 Å². The van der Waals surface area contributed by atoms with Crippen molar-refractivity contribution in [2.45, 2.75) is 4.90 Å². The van der Waals surface area contributed by atoms with Crippen molar-refractivity contribution >= 4 is 46.2 Å². The monoisotopic (exact) mass is 392 g/mol. The molecule has 1 aromatic heterocycles. The first-order chi connectivity index (χ1) is 13.2. The molecule has 0 atom stereocenters. The zero-order valence-electron chi connectivity index (χ0n) is 13.8. The molecule has 1 aliphatic heterocycles. The number of fused-ring (bicyclic) bond motifs is 1. The van der Waals surface area contributed by atoms with E-state index in [1.165, 1.54) is 23.3 Å². The molecule has 2 heterocycles. The lowest BCUT2D eigenvalue weighted by molar-refractivity contribution is 0.102. The van der Waals surface area contributed by atoms with Crippen molar-refractivity contribution in [1.82, 2.24) is 4.83 Å². The molecule has 6 nitrogen and oxygen atoms in total. The fourth-order valence-electron chi connectivity index (χ4n) is 2.70. The lowest BCUT2D eigenvalue weighted by atomic mass is 10.0. The number of carbonyl (C=O) groups is 2. The molecular formula is C19H12N4O2S2. The molecule has 0 spiro atoms. The minimum Gasteiger partial charge on any atom is -0.313 e. The summed E-state index contributed by atoms with van der Waals surface area (Å²) in [6, 6.07) is 14.4. The van der Waals surface area contributed by atoms with Gasteiger partial charge in [0, 0.05) is 21.4 Å². The van der Waals surface area contributed by atoms with E-state index in [1.807, 2.05) is 11.4 Å². The van der Waals surface area contributed by atoms with Gasteiger partial charge in [-0.3, -0.25) is 9.59 Å². The van der Waals surface area contributed by atoms with E-state index in [0.717, 1.165) is 28.0 Å². The standard InChI is InChI=1S/C19H12N4O2S2/c20-8-11-1-3-12(4-2-11)15-10-26-19(14(15)9-24)21-18(25)13-5-6-17-16(7-13)22-23-27-17/h1-7,9-10,22-23H,(H,21,25). The van der Waals surface area contributed by atoms with Crippen molar-refractivity contribution < 1.29 is 9.59 Å². The summed E-state index contributed by atoms with van der Waals surface area (Å²) in [5, 5.41) is 14.1. The Bertz CT molecular complexity index is 1080. The van der Waals surface area contributed by atoms with Crippen molar-refractivity contribution in [3.05, 3.63) is 64.5 Å². The van der Waals surface area contributed by atoms with Crippen LogP contribution in [0.4, 0.5) is 10.7 Å². The summed E-state index contributed by atoms with van der Waals surface area (Å²) in [5.41, 5.74) is 6.83. The smallest absolute Gasteiger partial charge is 0.256 e. The maximum atomic E-state index is 12.6. The molecule has 3 N–H and O–H groups in total. The third-order valence-corrected chi connectivity index (χ3v) is 5.78. The number of hydrogen-bond acceptors (Lipinski definition) is 7. The van der Waals surface area contributed by atoms with Crippen LogP contribution in [0, 0.1) is 11.3 Å². The summed E-state index contributed by atoms with van der Waals surface area (Å²) in [4.78, 5) is 28.2. The van der Waals surface area contributed by atoms with E-state index < -0.39 is 0 Å². The molecule has 1 aliphatic rings. The van der Waals surface area contributed by atoms with E-state index in [0.29, 0.717) is 21.7 Å². The van der Waals surface area contributed by atoms with Crippen LogP contribution in [0.3, 0.4) is 0 Å². The third kappa shape index (κ3) is 3.31. The number of nitrogens with zero attached hydrogens (tertiary/aromatic N) is 1. The summed E-state index contributed by atoms with van der Waals surface area (Å²) in [7, 11) is 0. The molecule has 0 radical (unpaired) electrons. The number of thiophene rings is 1. The van der Waals surface area contributed by atoms with Gasteiger partial charge in [-0.05, 0) is 47.8 Å². The number of carbonyl (C=O) groups excluding carboxylic acids is 2. The highest BCUT2D eigenvalue weighted by atomic mass is 32.2. The van der Waals surface area contributed by atoms with Crippen LogP contribution in [0.2, 0.25) is 0 Å². The molecule has 27 heavy (non-hydrogen) atoms. The average molecular weight is 392 g/mol. The van der Waals surface area contributed by atoms with Gasteiger partial charge in [-0.25, -0.2) is 0 Å². The van der Waals surface area contributed by atoms with Crippen molar-refractivity contribution in [2.24, 2.45) is 0 Å². The predicted octanol–water partition coefficient (Wildman–Crippen LogP) is 4.29. The molecule has 0 saturated heterocycles. The normalized spacial score (nSPS) is 12.0. The van der Waals surface area contributed by atoms with Crippen LogP contribution in [0.25, 0.3) is 11.1 Å². The molecule has 3 aromatic rings. The van der Waals surface area contributed by atoms with E-state index in [-0.39, 0.29) is 5.91 Å². The van der Waals surface area contributed by atoms with Crippen molar-refractivity contribution in [1.29, 1.82) is 5.26 Å². The fourth-order valence-corrected chi connectivity index (χ4v) is 4.26. The lowest BCUT2D eigenvalue weighted by Gasteiger charge is -2.06. The van der Waals surface area contributed by atoms with E-state index >= 15 is 0 Å². The highest BCUT2D eigenvalue weighted by Gasteiger charge is 2.18. The van der Waals surface area contributed by atoms with Gasteiger partial charge in [0.25, 0.3) is 5.91 Å². The Kier molecular flexibility index (Phi) is 4.64. The number of nitrogens with one attached hydrogen (secondary N) is 3. The molecule has 132 valence electrons. The van der Waals surface area contributed by atoms with Crippen molar-refractivity contribution in [3.63, 3.8) is 0 Å². The molecule has 0 saturated carbocycles. The Morgan fingerprint density at radius 3 is 2.74 bits per heavy atom. The molecule has 8 heteroatoms. The first kappa shape index (κ1) is 17.3. The van der Waals surface area contributed by atoms with E-state index in [2.05, 4.69) is 21.6 Å². The molecule has 2 aromatic carbocycles. The van der Waals surface area contributed by atoms with Gasteiger partial charge in [0.15, 0.2) is 6.29 Å². The van der Waals surface area contributed by atoms with Gasteiger partial charge in [-0.1, -0.05) is 12.1 Å². The Morgan fingerprint density at radius 1 is 1.19 bits per heavy atom. The lowest BCUT2D eigenvalue weighted by Crippen LogP contribution is -2.12. The summed E-state index contributed by atoms with van der Waals surface area (Å²) in [5.74, 6) is -0.284. The number of nitriles is 1. The van der Waals surface area contributed by atoms with Crippen LogP contribution in [-0.4, -0.2) is 12.2 Å². The average Bonchev–Trinajstić information content (AvgIpc) is 3.33. The van der Waals surface area contributed by atoms with Crippen LogP contribution in [-0.2, 0) is 0 Å². The molecule has 0 bridgehead atoms. The van der Waals surface area contributed by atoms with Gasteiger partial charge >= 0.3 is 0 Å². The number of hydrogen-bond donors (Lipinski definition) is 3. The van der Waals surface area contributed by atoms with Gasteiger partial charge in [0.05, 0.1) is 22.9 Å². The maximum Gasteiger partial charge on any atom is 0.256 e. The number of rotatable bonds is 4. The number of hydrazine groups is 1. The highest BCUT2D eigenvalue weighted by Crippen LogP contribution is 2.35. The van der Waals surface area contributed by atoms with E-state index in [9.17, 15) is 9.59 Å². The predicted molar refractivity (Wildman–Crippen MR) is 107 cm³/mol. The maximum absolute atomic E-state index is 12.6. The number of aldehydes is 1. The Labute approximate surface area is 163 Å². The molecule has 0 unspecified atom stereocenters. The first-order valence-corrected chi connectivity index (χ1v) is 9.59. The van der Waals surface area contributed by atoms with E-state index in [1.54, 1.807) is 36.4 Å². The molecule has 4 rings (SSSR count). The van der Waals surface area contributed by atoms with E-state index in [4.69, 9.17) is 5.26 Å². The molecule has 1 amide bonds. The quantitative estimate of drug-likeness (QED) is 0.453. The molecular weight excluding hydrogens is 380 g/mol. The van der Waals surface area contributed by atoms with Crippen LogP contribution in [0.5, 0.6) is 0 Å². The zero-order valence-corrected chi connectivity index (χ0v) is 15.4.